The van der Waals surface area contributed by atoms with E-state index in [1.54, 1.807) is 11.8 Å². The minimum Gasteiger partial charge on any atom is -0.441 e. The van der Waals surface area contributed by atoms with Crippen LogP contribution in [0.15, 0.2) is 18.2 Å². The van der Waals surface area contributed by atoms with Gasteiger partial charge in [0.05, 0.1) is 6.54 Å². The van der Waals surface area contributed by atoms with Gasteiger partial charge in [-0.05, 0) is 30.5 Å². The van der Waals surface area contributed by atoms with Crippen molar-refractivity contribution in [2.75, 3.05) is 32.7 Å². The van der Waals surface area contributed by atoms with Crippen molar-refractivity contribution in [3.8, 4) is 0 Å². The smallest absolute Gasteiger partial charge is 0.410 e. The summed E-state index contributed by atoms with van der Waals surface area (Å²) in [5.74, 6) is -1.78. The first-order valence-corrected chi connectivity index (χ1v) is 10.7. The summed E-state index contributed by atoms with van der Waals surface area (Å²) in [6, 6.07) is 3.59. The van der Waals surface area contributed by atoms with Gasteiger partial charge in [-0.1, -0.05) is 6.07 Å². The summed E-state index contributed by atoms with van der Waals surface area (Å²) >= 11 is 0. The quantitative estimate of drug-likeness (QED) is 0.732. The van der Waals surface area contributed by atoms with Crippen molar-refractivity contribution in [2.24, 2.45) is 5.92 Å². The minimum atomic E-state index is -0.944. The van der Waals surface area contributed by atoms with Crippen molar-refractivity contribution in [3.05, 3.63) is 35.4 Å². The number of amides is 3. The molecule has 168 valence electrons. The summed E-state index contributed by atoms with van der Waals surface area (Å²) in [5.41, 5.74) is -0.151. The second-order valence-electron chi connectivity index (χ2n) is 8.76. The fourth-order valence-corrected chi connectivity index (χ4v) is 4.77. The molecular formula is C22H27F2N3O4. The number of benzene rings is 1. The highest BCUT2D eigenvalue weighted by Crippen LogP contribution is 2.35. The van der Waals surface area contributed by atoms with Crippen molar-refractivity contribution < 1.29 is 27.9 Å². The van der Waals surface area contributed by atoms with Crippen molar-refractivity contribution in [3.63, 3.8) is 0 Å². The lowest BCUT2D eigenvalue weighted by atomic mass is 9.89. The van der Waals surface area contributed by atoms with Gasteiger partial charge in [-0.2, -0.15) is 0 Å². The van der Waals surface area contributed by atoms with Gasteiger partial charge >= 0.3 is 6.09 Å². The molecular weight excluding hydrogens is 408 g/mol. The topological polar surface area (TPSA) is 70.2 Å². The van der Waals surface area contributed by atoms with E-state index in [1.807, 2.05) is 4.90 Å². The van der Waals surface area contributed by atoms with E-state index in [2.05, 4.69) is 0 Å². The van der Waals surface area contributed by atoms with Gasteiger partial charge in [0.15, 0.2) is 11.6 Å². The van der Waals surface area contributed by atoms with Crippen LogP contribution in [0, 0.1) is 17.6 Å². The number of nitrogens with zero attached hydrogens (tertiary/aromatic N) is 3. The van der Waals surface area contributed by atoms with E-state index in [0.717, 1.165) is 12.1 Å². The van der Waals surface area contributed by atoms with Gasteiger partial charge in [-0.15, -0.1) is 0 Å². The zero-order valence-corrected chi connectivity index (χ0v) is 17.6. The first kappa shape index (κ1) is 21.5. The van der Waals surface area contributed by atoms with Crippen LogP contribution >= 0.6 is 0 Å². The summed E-state index contributed by atoms with van der Waals surface area (Å²) in [4.78, 5) is 41.9. The summed E-state index contributed by atoms with van der Waals surface area (Å²) < 4.78 is 32.3. The summed E-state index contributed by atoms with van der Waals surface area (Å²) in [7, 11) is 0. The lowest BCUT2D eigenvalue weighted by Gasteiger charge is -2.40. The number of carbonyl (C=O) groups excluding carboxylic acids is 3. The third kappa shape index (κ3) is 4.50. The third-order valence-electron chi connectivity index (χ3n) is 6.67. The van der Waals surface area contributed by atoms with E-state index in [4.69, 9.17) is 4.74 Å². The molecule has 1 spiro atoms. The van der Waals surface area contributed by atoms with Crippen LogP contribution in [0.3, 0.4) is 0 Å². The van der Waals surface area contributed by atoms with Crippen molar-refractivity contribution >= 4 is 17.9 Å². The second kappa shape index (κ2) is 8.43. The Kier molecular flexibility index (Phi) is 5.85. The van der Waals surface area contributed by atoms with Crippen molar-refractivity contribution in [1.29, 1.82) is 0 Å². The highest BCUT2D eigenvalue weighted by Gasteiger charge is 2.48. The standard InChI is InChI=1S/C22H27F2N3O4/c1-15(28)25-8-4-17(5-9-25)20(29)26-10-6-22(7-11-26)14-27(21(30)31-22)13-16-2-3-18(23)19(24)12-16/h2-3,12,17H,4-11,13-14H2,1H3. The van der Waals surface area contributed by atoms with E-state index in [-0.39, 0.29) is 24.3 Å². The predicted octanol–water partition coefficient (Wildman–Crippen LogP) is 2.54. The van der Waals surface area contributed by atoms with Crippen LogP contribution in [0.2, 0.25) is 0 Å². The van der Waals surface area contributed by atoms with E-state index in [0.29, 0.717) is 64.0 Å². The first-order chi connectivity index (χ1) is 14.8. The molecule has 31 heavy (non-hydrogen) atoms. The Balaban J connectivity index is 1.31. The van der Waals surface area contributed by atoms with Gasteiger partial charge in [0.25, 0.3) is 0 Å². The molecule has 1 aromatic carbocycles. The number of halogens is 2. The maximum absolute atomic E-state index is 13.5. The Labute approximate surface area is 179 Å². The molecule has 0 bridgehead atoms. The summed E-state index contributed by atoms with van der Waals surface area (Å²) in [5, 5.41) is 0. The van der Waals surface area contributed by atoms with Crippen molar-refractivity contribution in [1.82, 2.24) is 14.7 Å². The van der Waals surface area contributed by atoms with E-state index in [1.165, 1.54) is 11.0 Å². The molecule has 3 aliphatic rings. The Hall–Kier alpha value is -2.71. The Morgan fingerprint density at radius 2 is 1.74 bits per heavy atom. The Morgan fingerprint density at radius 1 is 1.06 bits per heavy atom. The fraction of sp³-hybridized carbons (Fsp3) is 0.591. The minimum absolute atomic E-state index is 0.0433. The Bertz CT molecular complexity index is 878. The average molecular weight is 435 g/mol. The van der Waals surface area contributed by atoms with Crippen LogP contribution in [-0.4, -0.2) is 70.9 Å². The average Bonchev–Trinajstić information content (AvgIpc) is 3.05. The van der Waals surface area contributed by atoms with Crippen LogP contribution < -0.4 is 0 Å². The van der Waals surface area contributed by atoms with Crippen LogP contribution in [0.1, 0.15) is 38.2 Å². The molecule has 0 atom stereocenters. The van der Waals surface area contributed by atoms with Gasteiger partial charge in [0.1, 0.15) is 5.60 Å². The zero-order chi connectivity index (χ0) is 22.2. The highest BCUT2D eigenvalue weighted by atomic mass is 19.2. The number of likely N-dealkylation sites (tertiary alicyclic amines) is 2. The molecule has 3 fully saturated rings. The molecule has 1 aromatic rings. The molecule has 9 heteroatoms. The lowest BCUT2D eigenvalue weighted by Crippen LogP contribution is -2.51. The second-order valence-corrected chi connectivity index (χ2v) is 8.76. The molecule has 3 aliphatic heterocycles. The number of piperidine rings is 2. The van der Waals surface area contributed by atoms with Gasteiger partial charge in [-0.3, -0.25) is 14.5 Å². The maximum Gasteiger partial charge on any atom is 0.410 e. The largest absolute Gasteiger partial charge is 0.441 e. The molecule has 0 saturated carbocycles. The van der Waals surface area contributed by atoms with Crippen LogP contribution in [0.4, 0.5) is 13.6 Å². The number of rotatable bonds is 3. The number of carbonyl (C=O) groups is 3. The van der Waals surface area contributed by atoms with Gasteiger partial charge in [-0.25, -0.2) is 13.6 Å². The van der Waals surface area contributed by atoms with Gasteiger partial charge in [0, 0.05) is 58.4 Å². The van der Waals surface area contributed by atoms with Crippen LogP contribution in [-0.2, 0) is 20.9 Å². The molecule has 7 nitrogen and oxygen atoms in total. The maximum atomic E-state index is 13.5. The Morgan fingerprint density at radius 3 is 2.35 bits per heavy atom. The number of hydrogen-bond acceptors (Lipinski definition) is 4. The van der Waals surface area contributed by atoms with Crippen molar-refractivity contribution in [2.45, 2.75) is 44.8 Å². The van der Waals surface area contributed by atoms with Gasteiger partial charge < -0.3 is 14.5 Å². The normalized spacial score (nSPS) is 21.5. The van der Waals surface area contributed by atoms with E-state index < -0.39 is 23.3 Å². The molecule has 3 amide bonds. The summed E-state index contributed by atoms with van der Waals surface area (Å²) in [6.07, 6.45) is 1.98. The number of ether oxygens (including phenoxy) is 1. The SMILES string of the molecule is CC(=O)N1CCC(C(=O)N2CCC3(CC2)CN(Cc2ccc(F)c(F)c2)C(=O)O3)CC1. The third-order valence-corrected chi connectivity index (χ3v) is 6.67. The van der Waals surface area contributed by atoms with E-state index >= 15 is 0 Å². The molecule has 0 radical (unpaired) electrons. The lowest BCUT2D eigenvalue weighted by molar-refractivity contribution is -0.142. The monoisotopic (exact) mass is 435 g/mol. The first-order valence-electron chi connectivity index (χ1n) is 10.7. The molecule has 4 rings (SSSR count). The molecule has 0 aromatic heterocycles. The number of hydrogen-bond donors (Lipinski definition) is 0. The molecule has 0 N–H and O–H groups in total. The van der Waals surface area contributed by atoms with E-state index in [9.17, 15) is 23.2 Å². The molecule has 0 unspecified atom stereocenters. The zero-order valence-electron chi connectivity index (χ0n) is 17.6. The van der Waals surface area contributed by atoms with Gasteiger partial charge in [0.2, 0.25) is 11.8 Å². The molecule has 3 heterocycles. The van der Waals surface area contributed by atoms with Crippen LogP contribution in [0.25, 0.3) is 0 Å². The molecule has 0 aliphatic carbocycles. The highest BCUT2D eigenvalue weighted by molar-refractivity contribution is 5.80. The van der Waals surface area contributed by atoms with Crippen LogP contribution in [0.5, 0.6) is 0 Å². The fourth-order valence-electron chi connectivity index (χ4n) is 4.77. The predicted molar refractivity (Wildman–Crippen MR) is 107 cm³/mol. The molecule has 3 saturated heterocycles. The summed E-state index contributed by atoms with van der Waals surface area (Å²) in [6.45, 7) is 4.31.